The SMILES string of the molecule is CNCC(C)CNc1ccc(C(F)(F)F)cn1. The predicted molar refractivity (Wildman–Crippen MR) is 60.8 cm³/mol. The number of nitrogens with zero attached hydrogens (tertiary/aromatic N) is 1. The number of rotatable bonds is 5. The van der Waals surface area contributed by atoms with Crippen molar-refractivity contribution in [2.24, 2.45) is 5.92 Å². The van der Waals surface area contributed by atoms with E-state index in [1.165, 1.54) is 6.07 Å². The minimum Gasteiger partial charge on any atom is -0.370 e. The molecule has 0 bridgehead atoms. The van der Waals surface area contributed by atoms with Crippen molar-refractivity contribution in [3.63, 3.8) is 0 Å². The van der Waals surface area contributed by atoms with Crippen LogP contribution in [0.15, 0.2) is 18.3 Å². The molecule has 0 aliphatic carbocycles. The highest BCUT2D eigenvalue weighted by atomic mass is 19.4. The van der Waals surface area contributed by atoms with E-state index >= 15 is 0 Å². The Kier molecular flexibility index (Phi) is 4.74. The molecule has 1 heterocycles. The van der Waals surface area contributed by atoms with Crippen LogP contribution in [-0.4, -0.2) is 25.1 Å². The molecule has 0 aliphatic rings. The van der Waals surface area contributed by atoms with Gasteiger partial charge in [0.05, 0.1) is 5.56 Å². The van der Waals surface area contributed by atoms with Crippen molar-refractivity contribution in [2.75, 3.05) is 25.5 Å². The zero-order valence-corrected chi connectivity index (χ0v) is 9.80. The normalized spacial score (nSPS) is 13.5. The summed E-state index contributed by atoms with van der Waals surface area (Å²) >= 11 is 0. The highest BCUT2D eigenvalue weighted by Crippen LogP contribution is 2.28. The van der Waals surface area contributed by atoms with Crippen molar-refractivity contribution < 1.29 is 13.2 Å². The van der Waals surface area contributed by atoms with E-state index in [0.29, 0.717) is 18.3 Å². The number of alkyl halides is 3. The molecule has 0 saturated heterocycles. The molecule has 1 atom stereocenters. The quantitative estimate of drug-likeness (QED) is 0.838. The third kappa shape index (κ3) is 4.60. The lowest BCUT2D eigenvalue weighted by Crippen LogP contribution is -2.23. The number of pyridine rings is 1. The van der Waals surface area contributed by atoms with Gasteiger partial charge in [0.2, 0.25) is 0 Å². The minimum absolute atomic E-state index is 0.379. The molecule has 0 aliphatic heterocycles. The summed E-state index contributed by atoms with van der Waals surface area (Å²) in [6, 6.07) is 2.37. The van der Waals surface area contributed by atoms with Crippen LogP contribution in [0.2, 0.25) is 0 Å². The Morgan fingerprint density at radius 2 is 2.00 bits per heavy atom. The summed E-state index contributed by atoms with van der Waals surface area (Å²) in [7, 11) is 1.85. The fraction of sp³-hybridized carbons (Fsp3) is 0.545. The van der Waals surface area contributed by atoms with Gasteiger partial charge in [0.15, 0.2) is 0 Å². The Bertz CT molecular complexity index is 335. The molecule has 1 aromatic heterocycles. The van der Waals surface area contributed by atoms with Crippen LogP contribution < -0.4 is 10.6 Å². The molecular formula is C11H16F3N3. The third-order valence-corrected chi connectivity index (χ3v) is 2.28. The number of nitrogens with one attached hydrogen (secondary N) is 2. The second-order valence-corrected chi connectivity index (χ2v) is 3.97. The third-order valence-electron chi connectivity index (χ3n) is 2.28. The minimum atomic E-state index is -4.33. The average molecular weight is 247 g/mol. The molecule has 0 amide bonds. The van der Waals surface area contributed by atoms with Gasteiger partial charge in [0.1, 0.15) is 5.82 Å². The maximum atomic E-state index is 12.3. The van der Waals surface area contributed by atoms with Crippen LogP contribution in [0.3, 0.4) is 0 Å². The van der Waals surface area contributed by atoms with Crippen molar-refractivity contribution in [2.45, 2.75) is 13.1 Å². The predicted octanol–water partition coefficient (Wildman–Crippen LogP) is 2.37. The Hall–Kier alpha value is -1.30. The summed E-state index contributed by atoms with van der Waals surface area (Å²) in [6.45, 7) is 3.54. The lowest BCUT2D eigenvalue weighted by atomic mass is 10.2. The van der Waals surface area contributed by atoms with Gasteiger partial charge in [-0.1, -0.05) is 6.92 Å². The molecule has 0 radical (unpaired) electrons. The van der Waals surface area contributed by atoms with E-state index in [1.54, 1.807) is 0 Å². The molecule has 1 aromatic rings. The summed E-state index contributed by atoms with van der Waals surface area (Å²) < 4.78 is 36.8. The molecular weight excluding hydrogens is 231 g/mol. The fourth-order valence-electron chi connectivity index (χ4n) is 1.37. The molecule has 1 unspecified atom stereocenters. The van der Waals surface area contributed by atoms with Gasteiger partial charge >= 0.3 is 6.18 Å². The first kappa shape index (κ1) is 13.8. The zero-order chi connectivity index (χ0) is 12.9. The summed E-state index contributed by atoms with van der Waals surface area (Å²) in [6.07, 6.45) is -3.49. The van der Waals surface area contributed by atoms with Gasteiger partial charge < -0.3 is 10.6 Å². The van der Waals surface area contributed by atoms with Crippen LogP contribution >= 0.6 is 0 Å². The smallest absolute Gasteiger partial charge is 0.370 e. The van der Waals surface area contributed by atoms with E-state index in [1.807, 2.05) is 14.0 Å². The highest BCUT2D eigenvalue weighted by molar-refractivity contribution is 5.36. The van der Waals surface area contributed by atoms with Crippen molar-refractivity contribution in [3.05, 3.63) is 23.9 Å². The average Bonchev–Trinajstić information content (AvgIpc) is 2.26. The molecule has 3 nitrogen and oxygen atoms in total. The van der Waals surface area contributed by atoms with Gasteiger partial charge in [-0.15, -0.1) is 0 Å². The van der Waals surface area contributed by atoms with Crippen LogP contribution in [0.1, 0.15) is 12.5 Å². The van der Waals surface area contributed by atoms with E-state index in [-0.39, 0.29) is 0 Å². The van der Waals surface area contributed by atoms with Crippen molar-refractivity contribution >= 4 is 5.82 Å². The van der Waals surface area contributed by atoms with Crippen molar-refractivity contribution in [3.8, 4) is 0 Å². The molecule has 0 aromatic carbocycles. The number of halogens is 3. The van der Waals surface area contributed by atoms with E-state index in [4.69, 9.17) is 0 Å². The molecule has 0 saturated carbocycles. The van der Waals surface area contributed by atoms with Crippen LogP contribution in [0, 0.1) is 5.92 Å². The van der Waals surface area contributed by atoms with E-state index in [0.717, 1.165) is 18.8 Å². The zero-order valence-electron chi connectivity index (χ0n) is 9.80. The Balaban J connectivity index is 2.51. The fourth-order valence-corrected chi connectivity index (χ4v) is 1.37. The summed E-state index contributed by atoms with van der Waals surface area (Å²) in [5.41, 5.74) is -0.730. The van der Waals surface area contributed by atoms with Gasteiger partial charge in [-0.3, -0.25) is 0 Å². The summed E-state index contributed by atoms with van der Waals surface area (Å²) in [5, 5.41) is 6.01. The van der Waals surface area contributed by atoms with Crippen molar-refractivity contribution in [1.29, 1.82) is 0 Å². The molecule has 0 fully saturated rings. The monoisotopic (exact) mass is 247 g/mol. The number of aromatic nitrogens is 1. The van der Waals surface area contributed by atoms with Gasteiger partial charge in [0, 0.05) is 12.7 Å². The molecule has 96 valence electrons. The first-order valence-corrected chi connectivity index (χ1v) is 5.35. The first-order chi connectivity index (χ1) is 7.93. The maximum Gasteiger partial charge on any atom is 0.417 e. The highest BCUT2D eigenvalue weighted by Gasteiger charge is 2.30. The van der Waals surface area contributed by atoms with Gasteiger partial charge in [0.25, 0.3) is 0 Å². The maximum absolute atomic E-state index is 12.3. The van der Waals surface area contributed by atoms with Gasteiger partial charge in [-0.05, 0) is 31.6 Å². The lowest BCUT2D eigenvalue weighted by molar-refractivity contribution is -0.137. The standard InChI is InChI=1S/C11H16F3N3/c1-8(5-15-2)6-16-10-4-3-9(7-17-10)11(12,13)14/h3-4,7-8,15H,5-6H2,1-2H3,(H,16,17). The number of hydrogen-bond donors (Lipinski definition) is 2. The molecule has 6 heteroatoms. The summed E-state index contributed by atoms with van der Waals surface area (Å²) in [5.74, 6) is 0.838. The van der Waals surface area contributed by atoms with Gasteiger partial charge in [-0.2, -0.15) is 13.2 Å². The molecule has 17 heavy (non-hydrogen) atoms. The van der Waals surface area contributed by atoms with Gasteiger partial charge in [-0.25, -0.2) is 4.98 Å². The number of hydrogen-bond acceptors (Lipinski definition) is 3. The molecule has 1 rings (SSSR count). The second kappa shape index (κ2) is 5.86. The van der Waals surface area contributed by atoms with Crippen LogP contribution in [0.4, 0.5) is 19.0 Å². The largest absolute Gasteiger partial charge is 0.417 e. The Morgan fingerprint density at radius 1 is 1.29 bits per heavy atom. The Morgan fingerprint density at radius 3 is 2.47 bits per heavy atom. The van der Waals surface area contributed by atoms with E-state index in [2.05, 4.69) is 15.6 Å². The van der Waals surface area contributed by atoms with Crippen LogP contribution in [-0.2, 0) is 6.18 Å². The second-order valence-electron chi connectivity index (χ2n) is 3.97. The van der Waals surface area contributed by atoms with E-state index in [9.17, 15) is 13.2 Å². The van der Waals surface area contributed by atoms with Crippen LogP contribution in [0.25, 0.3) is 0 Å². The van der Waals surface area contributed by atoms with Crippen molar-refractivity contribution in [1.82, 2.24) is 10.3 Å². The van der Waals surface area contributed by atoms with Crippen LogP contribution in [0.5, 0.6) is 0 Å². The number of anilines is 1. The summed E-state index contributed by atoms with van der Waals surface area (Å²) in [4.78, 5) is 3.73. The Labute approximate surface area is 98.4 Å². The van der Waals surface area contributed by atoms with E-state index < -0.39 is 11.7 Å². The molecule has 0 spiro atoms. The lowest BCUT2D eigenvalue weighted by Gasteiger charge is -2.13. The molecule has 2 N–H and O–H groups in total. The topological polar surface area (TPSA) is 37.0 Å². The first-order valence-electron chi connectivity index (χ1n) is 5.35.